The summed E-state index contributed by atoms with van der Waals surface area (Å²) in [6.45, 7) is 3.67. The molecule has 2 N–H and O–H groups in total. The van der Waals surface area contributed by atoms with Crippen LogP contribution in [0.15, 0.2) is 30.3 Å². The van der Waals surface area contributed by atoms with Crippen LogP contribution in [-0.4, -0.2) is 42.9 Å². The Morgan fingerprint density at radius 3 is 2.67 bits per heavy atom. The summed E-state index contributed by atoms with van der Waals surface area (Å²) in [5.41, 5.74) is 6.18. The van der Waals surface area contributed by atoms with E-state index in [0.29, 0.717) is 11.6 Å². The lowest BCUT2D eigenvalue weighted by Crippen LogP contribution is -2.47. The Kier molecular flexibility index (Phi) is 5.33. The van der Waals surface area contributed by atoms with E-state index in [-0.39, 0.29) is 24.9 Å². The fourth-order valence-electron chi connectivity index (χ4n) is 2.69. The summed E-state index contributed by atoms with van der Waals surface area (Å²) in [5, 5.41) is 0. The zero-order chi connectivity index (χ0) is 15.2. The minimum Gasteiger partial charge on any atom is -0.341 e. The van der Waals surface area contributed by atoms with Gasteiger partial charge in [0.05, 0.1) is 6.54 Å². The van der Waals surface area contributed by atoms with Crippen molar-refractivity contribution < 1.29 is 9.59 Å². The summed E-state index contributed by atoms with van der Waals surface area (Å²) in [5.74, 6) is 0.282. The molecule has 1 aromatic rings. The minimum absolute atomic E-state index is 0.00722. The Hall–Kier alpha value is -1.88. The van der Waals surface area contributed by atoms with Gasteiger partial charge in [-0.1, -0.05) is 25.1 Å². The van der Waals surface area contributed by atoms with Crippen LogP contribution in [-0.2, 0) is 9.59 Å². The Morgan fingerprint density at radius 1 is 1.33 bits per heavy atom. The average Bonchev–Trinajstić information content (AvgIpc) is 2.52. The number of hydrogen-bond donors (Lipinski definition) is 1. The standard InChI is InChI=1S/C16H23N3O2/c1-13-6-5-9-18(11-13)16(21)12-19(15(20)10-17)14-7-3-2-4-8-14/h2-4,7-8,13H,5-6,9-12,17H2,1H3. The van der Waals surface area contributed by atoms with Crippen molar-refractivity contribution >= 4 is 17.5 Å². The van der Waals surface area contributed by atoms with E-state index in [2.05, 4.69) is 6.92 Å². The van der Waals surface area contributed by atoms with E-state index in [0.717, 1.165) is 25.9 Å². The second-order valence-electron chi connectivity index (χ2n) is 5.61. The van der Waals surface area contributed by atoms with Crippen LogP contribution < -0.4 is 10.6 Å². The summed E-state index contributed by atoms with van der Waals surface area (Å²) < 4.78 is 0. The highest BCUT2D eigenvalue weighted by atomic mass is 16.2. The number of piperidine rings is 1. The van der Waals surface area contributed by atoms with Crippen molar-refractivity contribution in [1.29, 1.82) is 0 Å². The molecule has 1 heterocycles. The van der Waals surface area contributed by atoms with E-state index in [1.54, 1.807) is 0 Å². The number of nitrogens with zero attached hydrogens (tertiary/aromatic N) is 2. The van der Waals surface area contributed by atoms with Gasteiger partial charge in [-0.15, -0.1) is 0 Å². The van der Waals surface area contributed by atoms with E-state index in [9.17, 15) is 9.59 Å². The van der Waals surface area contributed by atoms with Gasteiger partial charge in [-0.3, -0.25) is 9.59 Å². The molecule has 5 heteroatoms. The van der Waals surface area contributed by atoms with E-state index in [1.165, 1.54) is 4.90 Å². The first-order chi connectivity index (χ1) is 10.1. The first kappa shape index (κ1) is 15.5. The highest BCUT2D eigenvalue weighted by Gasteiger charge is 2.24. The van der Waals surface area contributed by atoms with Crippen LogP contribution in [0.4, 0.5) is 5.69 Å². The number of carbonyl (C=O) groups is 2. The Morgan fingerprint density at radius 2 is 2.05 bits per heavy atom. The fraction of sp³-hybridized carbons (Fsp3) is 0.500. The van der Waals surface area contributed by atoms with E-state index in [4.69, 9.17) is 5.73 Å². The second-order valence-corrected chi connectivity index (χ2v) is 5.61. The van der Waals surface area contributed by atoms with Crippen molar-refractivity contribution in [2.24, 2.45) is 11.7 Å². The van der Waals surface area contributed by atoms with Gasteiger partial charge in [-0.05, 0) is 30.9 Å². The molecule has 0 aromatic heterocycles. The number of nitrogens with two attached hydrogens (primary N) is 1. The molecular weight excluding hydrogens is 266 g/mol. The van der Waals surface area contributed by atoms with Gasteiger partial charge in [-0.2, -0.15) is 0 Å². The van der Waals surface area contributed by atoms with Gasteiger partial charge in [0, 0.05) is 18.8 Å². The monoisotopic (exact) mass is 289 g/mol. The van der Waals surface area contributed by atoms with Crippen molar-refractivity contribution in [2.75, 3.05) is 31.1 Å². The number of anilines is 1. The zero-order valence-corrected chi connectivity index (χ0v) is 12.5. The topological polar surface area (TPSA) is 66.6 Å². The molecule has 1 atom stereocenters. The Balaban J connectivity index is 2.08. The molecule has 2 rings (SSSR count). The molecule has 5 nitrogen and oxygen atoms in total. The number of rotatable bonds is 4. The minimum atomic E-state index is -0.236. The third-order valence-corrected chi connectivity index (χ3v) is 3.85. The molecule has 1 fully saturated rings. The lowest BCUT2D eigenvalue weighted by Gasteiger charge is -2.33. The van der Waals surface area contributed by atoms with Crippen LogP contribution in [0.25, 0.3) is 0 Å². The number of hydrogen-bond acceptors (Lipinski definition) is 3. The van der Waals surface area contributed by atoms with Gasteiger partial charge in [-0.25, -0.2) is 0 Å². The number of benzene rings is 1. The van der Waals surface area contributed by atoms with Gasteiger partial charge in [0.1, 0.15) is 6.54 Å². The summed E-state index contributed by atoms with van der Waals surface area (Å²) in [6.07, 6.45) is 2.19. The van der Waals surface area contributed by atoms with Crippen LogP contribution in [0.3, 0.4) is 0 Å². The van der Waals surface area contributed by atoms with Gasteiger partial charge in [0.15, 0.2) is 0 Å². The molecule has 2 amide bonds. The van der Waals surface area contributed by atoms with Crippen LogP contribution in [0, 0.1) is 5.92 Å². The van der Waals surface area contributed by atoms with Crippen molar-refractivity contribution in [3.63, 3.8) is 0 Å². The number of para-hydroxylation sites is 1. The summed E-state index contributed by atoms with van der Waals surface area (Å²) in [4.78, 5) is 27.8. The Bertz CT molecular complexity index is 490. The SMILES string of the molecule is CC1CCCN(C(=O)CN(C(=O)CN)c2ccccc2)C1. The van der Waals surface area contributed by atoms with E-state index in [1.807, 2.05) is 35.2 Å². The van der Waals surface area contributed by atoms with Gasteiger partial charge in [0.25, 0.3) is 0 Å². The normalized spacial score (nSPS) is 18.4. The zero-order valence-electron chi connectivity index (χ0n) is 12.5. The predicted octanol–water partition coefficient (Wildman–Crippen LogP) is 1.24. The third-order valence-electron chi connectivity index (χ3n) is 3.85. The molecule has 1 saturated heterocycles. The van der Waals surface area contributed by atoms with Crippen LogP contribution in [0.5, 0.6) is 0 Å². The van der Waals surface area contributed by atoms with Gasteiger partial charge >= 0.3 is 0 Å². The molecule has 0 radical (unpaired) electrons. The summed E-state index contributed by atoms with van der Waals surface area (Å²) in [7, 11) is 0. The molecular formula is C16H23N3O2. The fourth-order valence-corrected chi connectivity index (χ4v) is 2.69. The summed E-state index contributed by atoms with van der Waals surface area (Å²) in [6, 6.07) is 9.21. The van der Waals surface area contributed by atoms with Crippen LogP contribution in [0.2, 0.25) is 0 Å². The average molecular weight is 289 g/mol. The number of carbonyl (C=O) groups excluding carboxylic acids is 2. The molecule has 1 aromatic carbocycles. The molecule has 0 spiro atoms. The van der Waals surface area contributed by atoms with Gasteiger partial charge < -0.3 is 15.5 Å². The first-order valence-electron chi connectivity index (χ1n) is 7.45. The van der Waals surface area contributed by atoms with Crippen molar-refractivity contribution in [3.05, 3.63) is 30.3 Å². The Labute approximate surface area is 125 Å². The van der Waals surface area contributed by atoms with E-state index >= 15 is 0 Å². The maximum Gasteiger partial charge on any atom is 0.242 e. The van der Waals surface area contributed by atoms with Crippen molar-refractivity contribution in [2.45, 2.75) is 19.8 Å². The smallest absolute Gasteiger partial charge is 0.242 e. The van der Waals surface area contributed by atoms with Crippen molar-refractivity contribution in [3.8, 4) is 0 Å². The van der Waals surface area contributed by atoms with E-state index < -0.39 is 0 Å². The molecule has 1 unspecified atom stereocenters. The maximum atomic E-state index is 12.4. The number of amides is 2. The molecule has 1 aliphatic heterocycles. The largest absolute Gasteiger partial charge is 0.341 e. The lowest BCUT2D eigenvalue weighted by atomic mass is 10.0. The summed E-state index contributed by atoms with van der Waals surface area (Å²) >= 11 is 0. The third kappa shape index (κ3) is 4.04. The molecule has 114 valence electrons. The van der Waals surface area contributed by atoms with Crippen LogP contribution in [0.1, 0.15) is 19.8 Å². The first-order valence-corrected chi connectivity index (χ1v) is 7.45. The molecule has 1 aliphatic rings. The quantitative estimate of drug-likeness (QED) is 0.907. The highest BCUT2D eigenvalue weighted by molar-refractivity contribution is 5.99. The molecule has 21 heavy (non-hydrogen) atoms. The maximum absolute atomic E-state index is 12.4. The molecule has 0 bridgehead atoms. The van der Waals surface area contributed by atoms with Crippen molar-refractivity contribution in [1.82, 2.24) is 4.90 Å². The van der Waals surface area contributed by atoms with Crippen LogP contribution >= 0.6 is 0 Å². The van der Waals surface area contributed by atoms with Gasteiger partial charge in [0.2, 0.25) is 11.8 Å². The molecule has 0 aliphatic carbocycles. The number of likely N-dealkylation sites (tertiary alicyclic amines) is 1. The highest BCUT2D eigenvalue weighted by Crippen LogP contribution is 2.17. The second kappa shape index (κ2) is 7.22. The predicted molar refractivity (Wildman–Crippen MR) is 82.8 cm³/mol. The lowest BCUT2D eigenvalue weighted by molar-refractivity contribution is -0.132. The molecule has 0 saturated carbocycles.